The molecule has 0 bridgehead atoms. The number of carbonyl (C=O) groups excluding carboxylic acids is 1. The minimum absolute atomic E-state index is 0.163. The lowest BCUT2D eigenvalue weighted by atomic mass is 10.0. The van der Waals surface area contributed by atoms with Crippen LogP contribution in [0.1, 0.15) is 33.4 Å². The van der Waals surface area contributed by atoms with Crippen molar-refractivity contribution in [3.63, 3.8) is 0 Å². The van der Waals surface area contributed by atoms with E-state index in [1.54, 1.807) is 6.07 Å². The number of carbonyl (C=O) groups is 1. The van der Waals surface area contributed by atoms with Gasteiger partial charge >= 0.3 is 0 Å². The molecule has 1 aliphatic carbocycles. The summed E-state index contributed by atoms with van der Waals surface area (Å²) in [5.41, 5.74) is 6.01. The average molecular weight is 397 g/mol. The van der Waals surface area contributed by atoms with Gasteiger partial charge < -0.3 is 14.9 Å². The minimum Gasteiger partial charge on any atom is -0.394 e. The van der Waals surface area contributed by atoms with Crippen LogP contribution in [-0.2, 0) is 6.42 Å². The highest BCUT2D eigenvalue weighted by molar-refractivity contribution is 5.96. The molecule has 0 radical (unpaired) electrons. The first-order valence-corrected chi connectivity index (χ1v) is 9.75. The summed E-state index contributed by atoms with van der Waals surface area (Å²) in [7, 11) is 0. The van der Waals surface area contributed by atoms with Crippen molar-refractivity contribution in [1.82, 2.24) is 15.5 Å². The third-order valence-corrected chi connectivity index (χ3v) is 5.32. The van der Waals surface area contributed by atoms with Gasteiger partial charge in [0.15, 0.2) is 0 Å². The molecule has 0 fully saturated rings. The van der Waals surface area contributed by atoms with Crippen LogP contribution in [0.15, 0.2) is 77.3 Å². The first-order valence-electron chi connectivity index (χ1n) is 9.75. The summed E-state index contributed by atoms with van der Waals surface area (Å²) >= 11 is 0. The molecule has 0 saturated carbocycles. The normalized spacial score (nSPS) is 12.8. The summed E-state index contributed by atoms with van der Waals surface area (Å²) in [6.07, 6.45) is 0.872. The molecule has 4 aromatic rings. The number of fused-ring (bicyclic) bond motifs is 3. The second-order valence-corrected chi connectivity index (χ2v) is 7.24. The Morgan fingerprint density at radius 3 is 2.60 bits per heavy atom. The molecule has 6 heteroatoms. The molecular weight excluding hydrogens is 378 g/mol. The molecule has 0 spiro atoms. The SMILES string of the molecule is O=C(NC(CO)c1nc(-c2ccccc2)no1)c1ccc2c(c1)-c1ccccc1C2. The molecule has 1 heterocycles. The van der Waals surface area contributed by atoms with E-state index < -0.39 is 6.04 Å². The number of hydrogen-bond donors (Lipinski definition) is 2. The molecule has 3 aromatic carbocycles. The molecule has 5 rings (SSSR count). The van der Waals surface area contributed by atoms with Crippen molar-refractivity contribution in [1.29, 1.82) is 0 Å². The quantitative estimate of drug-likeness (QED) is 0.471. The number of aromatic nitrogens is 2. The number of rotatable bonds is 5. The highest BCUT2D eigenvalue weighted by Gasteiger charge is 2.24. The van der Waals surface area contributed by atoms with Gasteiger partial charge in [-0.25, -0.2) is 0 Å². The van der Waals surface area contributed by atoms with Crippen LogP contribution in [0.4, 0.5) is 0 Å². The van der Waals surface area contributed by atoms with Gasteiger partial charge in [0.1, 0.15) is 6.04 Å². The van der Waals surface area contributed by atoms with E-state index in [1.807, 2.05) is 54.6 Å². The predicted octanol–water partition coefficient (Wildman–Crippen LogP) is 3.77. The molecule has 30 heavy (non-hydrogen) atoms. The van der Waals surface area contributed by atoms with Crippen molar-refractivity contribution in [3.8, 4) is 22.5 Å². The van der Waals surface area contributed by atoms with Crippen molar-refractivity contribution in [2.45, 2.75) is 12.5 Å². The van der Waals surface area contributed by atoms with Crippen LogP contribution in [0.2, 0.25) is 0 Å². The molecule has 6 nitrogen and oxygen atoms in total. The number of aliphatic hydroxyl groups is 1. The molecular formula is C24H19N3O3. The lowest BCUT2D eigenvalue weighted by molar-refractivity contribution is 0.0901. The maximum absolute atomic E-state index is 12.9. The maximum Gasteiger partial charge on any atom is 0.252 e. The summed E-state index contributed by atoms with van der Waals surface area (Å²) in [6.45, 7) is -0.351. The standard InChI is InChI=1S/C24H19N3O3/c28-14-21(24-26-22(27-30-24)15-6-2-1-3-7-15)25-23(29)18-11-10-17-12-16-8-4-5-9-19(16)20(17)13-18/h1-11,13,21,28H,12,14H2,(H,25,29). The van der Waals surface area contributed by atoms with Crippen LogP contribution >= 0.6 is 0 Å². The van der Waals surface area contributed by atoms with Gasteiger partial charge in [-0.3, -0.25) is 4.79 Å². The van der Waals surface area contributed by atoms with E-state index in [2.05, 4.69) is 27.6 Å². The summed E-state index contributed by atoms with van der Waals surface area (Å²) in [4.78, 5) is 17.2. The summed E-state index contributed by atoms with van der Waals surface area (Å²) in [5.74, 6) is 0.268. The van der Waals surface area contributed by atoms with E-state index in [9.17, 15) is 9.90 Å². The molecule has 1 atom stereocenters. The van der Waals surface area contributed by atoms with E-state index in [4.69, 9.17) is 4.52 Å². The van der Waals surface area contributed by atoms with Crippen LogP contribution < -0.4 is 5.32 Å². The first kappa shape index (κ1) is 18.3. The highest BCUT2D eigenvalue weighted by atomic mass is 16.5. The maximum atomic E-state index is 12.9. The Kier molecular flexibility index (Phi) is 4.61. The molecule has 1 aromatic heterocycles. The number of nitrogens with zero attached hydrogens (tertiary/aromatic N) is 2. The van der Waals surface area contributed by atoms with E-state index >= 15 is 0 Å². The van der Waals surface area contributed by atoms with E-state index in [0.717, 1.165) is 23.1 Å². The Balaban J connectivity index is 1.37. The predicted molar refractivity (Wildman–Crippen MR) is 112 cm³/mol. The molecule has 1 amide bonds. The smallest absolute Gasteiger partial charge is 0.252 e. The summed E-state index contributed by atoms with van der Waals surface area (Å²) < 4.78 is 5.29. The molecule has 0 saturated heterocycles. The number of amides is 1. The van der Waals surface area contributed by atoms with Gasteiger partial charge in [0.25, 0.3) is 11.8 Å². The first-order chi connectivity index (χ1) is 14.7. The summed E-state index contributed by atoms with van der Waals surface area (Å²) in [6, 6.07) is 22.5. The second kappa shape index (κ2) is 7.57. The van der Waals surface area contributed by atoms with Crippen LogP contribution in [0.3, 0.4) is 0 Å². The topological polar surface area (TPSA) is 88.2 Å². The monoisotopic (exact) mass is 397 g/mol. The molecule has 0 aliphatic heterocycles. The molecule has 1 aliphatic rings. The Hall–Kier alpha value is -3.77. The number of aliphatic hydroxyl groups excluding tert-OH is 1. The fourth-order valence-corrected chi connectivity index (χ4v) is 3.77. The van der Waals surface area contributed by atoms with Gasteiger partial charge in [0.2, 0.25) is 5.82 Å². The fraction of sp³-hybridized carbons (Fsp3) is 0.125. The van der Waals surface area contributed by atoms with Crippen molar-refractivity contribution in [2.75, 3.05) is 6.61 Å². The van der Waals surface area contributed by atoms with E-state index in [-0.39, 0.29) is 18.4 Å². The van der Waals surface area contributed by atoms with E-state index in [0.29, 0.717) is 11.4 Å². The zero-order valence-corrected chi connectivity index (χ0v) is 16.1. The van der Waals surface area contributed by atoms with Crippen molar-refractivity contribution in [2.24, 2.45) is 0 Å². The highest BCUT2D eigenvalue weighted by Crippen LogP contribution is 2.36. The lowest BCUT2D eigenvalue weighted by Gasteiger charge is -2.13. The van der Waals surface area contributed by atoms with Crippen LogP contribution in [-0.4, -0.2) is 27.8 Å². The average Bonchev–Trinajstić information content (AvgIpc) is 3.42. The molecule has 2 N–H and O–H groups in total. The van der Waals surface area contributed by atoms with Gasteiger partial charge in [0.05, 0.1) is 6.61 Å². The zero-order valence-electron chi connectivity index (χ0n) is 16.1. The Morgan fingerprint density at radius 1 is 1.00 bits per heavy atom. The van der Waals surface area contributed by atoms with Crippen molar-refractivity contribution in [3.05, 3.63) is 95.4 Å². The Morgan fingerprint density at radius 2 is 1.77 bits per heavy atom. The van der Waals surface area contributed by atoms with E-state index in [1.165, 1.54) is 11.1 Å². The number of nitrogens with one attached hydrogen (secondary N) is 1. The van der Waals surface area contributed by atoms with Gasteiger partial charge in [-0.15, -0.1) is 0 Å². The molecule has 1 unspecified atom stereocenters. The minimum atomic E-state index is -0.789. The van der Waals surface area contributed by atoms with Gasteiger partial charge in [0, 0.05) is 11.1 Å². The number of benzene rings is 3. The Bertz CT molecular complexity index is 1220. The van der Waals surface area contributed by atoms with Crippen molar-refractivity contribution < 1.29 is 14.4 Å². The van der Waals surface area contributed by atoms with Gasteiger partial charge in [-0.2, -0.15) is 4.98 Å². The van der Waals surface area contributed by atoms with Crippen LogP contribution in [0.25, 0.3) is 22.5 Å². The van der Waals surface area contributed by atoms with Crippen LogP contribution in [0, 0.1) is 0 Å². The second-order valence-electron chi connectivity index (χ2n) is 7.24. The largest absolute Gasteiger partial charge is 0.394 e. The Labute approximate surface area is 173 Å². The third-order valence-electron chi connectivity index (χ3n) is 5.32. The number of hydrogen-bond acceptors (Lipinski definition) is 5. The fourth-order valence-electron chi connectivity index (χ4n) is 3.77. The third kappa shape index (κ3) is 3.27. The summed E-state index contributed by atoms with van der Waals surface area (Å²) in [5, 5.41) is 16.6. The van der Waals surface area contributed by atoms with Crippen molar-refractivity contribution >= 4 is 5.91 Å². The van der Waals surface area contributed by atoms with Gasteiger partial charge in [-0.1, -0.05) is 65.8 Å². The molecule has 148 valence electrons. The lowest BCUT2D eigenvalue weighted by Crippen LogP contribution is -2.31. The van der Waals surface area contributed by atoms with Gasteiger partial charge in [-0.05, 0) is 40.8 Å². The zero-order chi connectivity index (χ0) is 20.5. The van der Waals surface area contributed by atoms with Crippen LogP contribution in [0.5, 0.6) is 0 Å².